The number of halogens is 1. The van der Waals surface area contributed by atoms with E-state index in [1.807, 2.05) is 44.2 Å². The Kier molecular flexibility index (Phi) is 3.64. The second-order valence-corrected chi connectivity index (χ2v) is 4.18. The molecule has 0 atom stereocenters. The predicted molar refractivity (Wildman–Crippen MR) is 69.8 cm³/mol. The number of ether oxygens (including phenoxy) is 1. The fourth-order valence-corrected chi connectivity index (χ4v) is 1.89. The molecule has 0 unspecified atom stereocenters. The number of pyridine rings is 1. The van der Waals surface area contributed by atoms with Crippen molar-refractivity contribution in [3.8, 4) is 11.5 Å². The molecule has 1 aromatic heterocycles. The van der Waals surface area contributed by atoms with Crippen molar-refractivity contribution in [2.45, 2.75) is 19.7 Å². The molecule has 0 saturated heterocycles. The Bertz CT molecular complexity index is 525. The number of rotatable bonds is 3. The van der Waals surface area contributed by atoms with Gasteiger partial charge in [0.1, 0.15) is 11.5 Å². The maximum Gasteiger partial charge on any atom is 0.148 e. The number of aromatic nitrogens is 1. The smallest absolute Gasteiger partial charge is 0.148 e. The predicted octanol–water partition coefficient (Wildman–Crippen LogP) is 4.23. The van der Waals surface area contributed by atoms with Gasteiger partial charge in [0.25, 0.3) is 0 Å². The van der Waals surface area contributed by atoms with Crippen molar-refractivity contribution >= 4 is 11.6 Å². The van der Waals surface area contributed by atoms with E-state index < -0.39 is 0 Å². The molecule has 17 heavy (non-hydrogen) atoms. The fourth-order valence-electron chi connectivity index (χ4n) is 1.59. The van der Waals surface area contributed by atoms with Crippen LogP contribution in [0.3, 0.4) is 0 Å². The summed E-state index contributed by atoms with van der Waals surface area (Å²) in [6.07, 6.45) is 1.75. The fraction of sp³-hybridized carbons (Fsp3) is 0.214. The van der Waals surface area contributed by atoms with Gasteiger partial charge in [-0.2, -0.15) is 0 Å². The van der Waals surface area contributed by atoms with Crippen LogP contribution in [0.4, 0.5) is 0 Å². The molecule has 0 aliphatic heterocycles. The van der Waals surface area contributed by atoms with Crippen molar-refractivity contribution in [2.75, 3.05) is 0 Å². The Morgan fingerprint density at radius 3 is 2.71 bits per heavy atom. The van der Waals surface area contributed by atoms with Crippen LogP contribution in [0.1, 0.15) is 16.8 Å². The standard InChI is InChI=1S/C14H14ClNO/c1-10-8-13(6-5-12(10)9-15)17-14-4-3-7-16-11(14)2/h3-8H,9H2,1-2H3. The molecule has 0 aliphatic carbocycles. The molecule has 1 heterocycles. The van der Waals surface area contributed by atoms with E-state index in [2.05, 4.69) is 4.98 Å². The lowest BCUT2D eigenvalue weighted by Gasteiger charge is -2.09. The Labute approximate surface area is 106 Å². The zero-order valence-electron chi connectivity index (χ0n) is 9.90. The SMILES string of the molecule is Cc1cc(Oc2cccnc2C)ccc1CCl. The van der Waals surface area contributed by atoms with E-state index in [4.69, 9.17) is 16.3 Å². The summed E-state index contributed by atoms with van der Waals surface area (Å²) in [5.41, 5.74) is 3.15. The van der Waals surface area contributed by atoms with Gasteiger partial charge in [0.15, 0.2) is 0 Å². The second kappa shape index (κ2) is 5.19. The Morgan fingerprint density at radius 2 is 2.06 bits per heavy atom. The highest BCUT2D eigenvalue weighted by Crippen LogP contribution is 2.25. The zero-order valence-corrected chi connectivity index (χ0v) is 10.7. The third kappa shape index (κ3) is 2.77. The van der Waals surface area contributed by atoms with Crippen LogP contribution >= 0.6 is 11.6 Å². The van der Waals surface area contributed by atoms with Gasteiger partial charge in [-0.1, -0.05) is 6.07 Å². The van der Waals surface area contributed by atoms with E-state index in [0.29, 0.717) is 5.88 Å². The number of nitrogens with zero attached hydrogens (tertiary/aromatic N) is 1. The Balaban J connectivity index is 2.25. The monoisotopic (exact) mass is 247 g/mol. The summed E-state index contributed by atoms with van der Waals surface area (Å²) < 4.78 is 5.78. The average molecular weight is 248 g/mol. The summed E-state index contributed by atoms with van der Waals surface area (Å²) in [4.78, 5) is 4.19. The lowest BCUT2D eigenvalue weighted by molar-refractivity contribution is 0.475. The summed E-state index contributed by atoms with van der Waals surface area (Å²) in [5.74, 6) is 2.12. The van der Waals surface area contributed by atoms with Gasteiger partial charge >= 0.3 is 0 Å². The van der Waals surface area contributed by atoms with Gasteiger partial charge < -0.3 is 4.74 Å². The Hall–Kier alpha value is -1.54. The largest absolute Gasteiger partial charge is 0.455 e. The van der Waals surface area contributed by atoms with Gasteiger partial charge in [0.05, 0.1) is 5.69 Å². The number of hydrogen-bond acceptors (Lipinski definition) is 2. The molecule has 2 rings (SSSR count). The summed E-state index contributed by atoms with van der Waals surface area (Å²) in [5, 5.41) is 0. The summed E-state index contributed by atoms with van der Waals surface area (Å²) in [6.45, 7) is 3.95. The maximum atomic E-state index is 5.82. The third-order valence-electron chi connectivity index (χ3n) is 2.64. The van der Waals surface area contributed by atoms with E-state index >= 15 is 0 Å². The van der Waals surface area contributed by atoms with Gasteiger partial charge in [-0.05, 0) is 49.2 Å². The van der Waals surface area contributed by atoms with Crippen molar-refractivity contribution in [3.05, 3.63) is 53.3 Å². The highest BCUT2D eigenvalue weighted by atomic mass is 35.5. The molecule has 0 spiro atoms. The number of aryl methyl sites for hydroxylation is 2. The summed E-state index contributed by atoms with van der Waals surface area (Å²) in [6, 6.07) is 9.68. The molecule has 2 aromatic rings. The van der Waals surface area contributed by atoms with Crippen molar-refractivity contribution < 1.29 is 4.74 Å². The van der Waals surface area contributed by atoms with Crippen LogP contribution in [0, 0.1) is 13.8 Å². The van der Waals surface area contributed by atoms with Crippen molar-refractivity contribution in [2.24, 2.45) is 0 Å². The molecular weight excluding hydrogens is 234 g/mol. The van der Waals surface area contributed by atoms with Gasteiger partial charge in [0, 0.05) is 12.1 Å². The first-order valence-corrected chi connectivity index (χ1v) is 5.99. The van der Waals surface area contributed by atoms with E-state index in [1.165, 1.54) is 0 Å². The molecule has 0 amide bonds. The van der Waals surface area contributed by atoms with Crippen LogP contribution in [0.2, 0.25) is 0 Å². The van der Waals surface area contributed by atoms with Crippen LogP contribution in [0.25, 0.3) is 0 Å². The normalized spacial score (nSPS) is 10.3. The molecule has 0 N–H and O–H groups in total. The van der Waals surface area contributed by atoms with Crippen LogP contribution in [0.5, 0.6) is 11.5 Å². The first kappa shape index (κ1) is 11.9. The molecule has 1 aromatic carbocycles. The van der Waals surface area contributed by atoms with Crippen molar-refractivity contribution in [1.82, 2.24) is 4.98 Å². The molecule has 0 bridgehead atoms. The second-order valence-electron chi connectivity index (χ2n) is 3.91. The maximum absolute atomic E-state index is 5.82. The lowest BCUT2D eigenvalue weighted by atomic mass is 10.1. The van der Waals surface area contributed by atoms with Crippen LogP contribution in [0.15, 0.2) is 36.5 Å². The molecule has 2 nitrogen and oxygen atoms in total. The third-order valence-corrected chi connectivity index (χ3v) is 2.93. The topological polar surface area (TPSA) is 22.1 Å². The van der Waals surface area contributed by atoms with Crippen molar-refractivity contribution in [1.29, 1.82) is 0 Å². The van der Waals surface area contributed by atoms with E-state index in [9.17, 15) is 0 Å². The summed E-state index contributed by atoms with van der Waals surface area (Å²) >= 11 is 5.82. The minimum atomic E-state index is 0.526. The minimum Gasteiger partial charge on any atom is -0.455 e. The molecule has 0 saturated carbocycles. The quantitative estimate of drug-likeness (QED) is 0.758. The first-order chi connectivity index (χ1) is 8.20. The number of benzene rings is 1. The number of hydrogen-bond donors (Lipinski definition) is 0. The first-order valence-electron chi connectivity index (χ1n) is 5.45. The van der Waals surface area contributed by atoms with Crippen LogP contribution < -0.4 is 4.74 Å². The molecule has 88 valence electrons. The van der Waals surface area contributed by atoms with Gasteiger partial charge in [0.2, 0.25) is 0 Å². The lowest BCUT2D eigenvalue weighted by Crippen LogP contribution is -1.91. The molecule has 3 heteroatoms. The zero-order chi connectivity index (χ0) is 12.3. The average Bonchev–Trinajstić information content (AvgIpc) is 2.32. The van der Waals surface area contributed by atoms with E-state index in [-0.39, 0.29) is 0 Å². The van der Waals surface area contributed by atoms with Gasteiger partial charge in [-0.3, -0.25) is 4.98 Å². The van der Waals surface area contributed by atoms with Crippen LogP contribution in [-0.4, -0.2) is 4.98 Å². The minimum absolute atomic E-state index is 0.526. The highest BCUT2D eigenvalue weighted by molar-refractivity contribution is 6.17. The molecule has 0 fully saturated rings. The molecular formula is C14H14ClNO. The Morgan fingerprint density at radius 1 is 1.24 bits per heavy atom. The van der Waals surface area contributed by atoms with Gasteiger partial charge in [-0.15, -0.1) is 11.6 Å². The van der Waals surface area contributed by atoms with E-state index in [1.54, 1.807) is 6.20 Å². The molecule has 0 aliphatic rings. The van der Waals surface area contributed by atoms with Gasteiger partial charge in [-0.25, -0.2) is 0 Å². The highest BCUT2D eigenvalue weighted by Gasteiger charge is 2.03. The van der Waals surface area contributed by atoms with Crippen molar-refractivity contribution in [3.63, 3.8) is 0 Å². The number of alkyl halides is 1. The van der Waals surface area contributed by atoms with E-state index in [0.717, 1.165) is 28.3 Å². The molecule has 0 radical (unpaired) electrons. The summed E-state index contributed by atoms with van der Waals surface area (Å²) in [7, 11) is 0. The van der Waals surface area contributed by atoms with Crippen LogP contribution in [-0.2, 0) is 5.88 Å².